The Morgan fingerprint density at radius 3 is 2.44 bits per heavy atom. The first-order chi connectivity index (χ1) is 8.81. The number of rotatable bonds is 4. The van der Waals surface area contributed by atoms with Gasteiger partial charge in [0.05, 0.1) is 11.9 Å². The number of nitrogens with one attached hydrogen (secondary N) is 1. The van der Waals surface area contributed by atoms with Gasteiger partial charge in [-0.1, -0.05) is 30.3 Å². The highest BCUT2D eigenvalue weighted by Crippen LogP contribution is 2.24. The number of hydrogen-bond donors (Lipinski definition) is 2. The van der Waals surface area contributed by atoms with Crippen LogP contribution < -0.4 is 10.6 Å². The summed E-state index contributed by atoms with van der Waals surface area (Å²) in [6.07, 6.45) is 1.28. The maximum absolute atomic E-state index is 7.83. The third-order valence-electron chi connectivity index (χ3n) is 2.35. The Kier molecular flexibility index (Phi) is 3.71. The summed E-state index contributed by atoms with van der Waals surface area (Å²) in [5.74, 6) is 6.39. The van der Waals surface area contributed by atoms with Crippen molar-refractivity contribution in [3.8, 4) is 11.5 Å². The second-order valence-corrected chi connectivity index (χ2v) is 3.60. The van der Waals surface area contributed by atoms with Crippen molar-refractivity contribution in [2.45, 2.75) is 0 Å². The van der Waals surface area contributed by atoms with Crippen molar-refractivity contribution in [1.82, 2.24) is 0 Å². The quantitative estimate of drug-likeness (QED) is 0.489. The number of nitrogens with zero attached hydrogens (tertiary/aromatic N) is 1. The maximum atomic E-state index is 7.83. The minimum Gasteiger partial charge on any atom is -0.457 e. The van der Waals surface area contributed by atoms with Gasteiger partial charge in [-0.3, -0.25) is 5.41 Å². The standard InChI is InChI=1S/C14H13N3O/c15-13(10-17-16)12-8-4-5-9-14(12)18-11-6-2-1-3-7-11/h1-10,15H,16H2/b15-13?,17-10-. The normalized spacial score (nSPS) is 10.4. The monoisotopic (exact) mass is 239 g/mol. The lowest BCUT2D eigenvalue weighted by molar-refractivity contribution is 0.482. The topological polar surface area (TPSA) is 71.5 Å². The Bertz CT molecular complexity index is 564. The summed E-state index contributed by atoms with van der Waals surface area (Å²) in [5, 5.41) is 11.2. The fourth-order valence-corrected chi connectivity index (χ4v) is 1.54. The highest BCUT2D eigenvalue weighted by molar-refractivity contribution is 6.37. The van der Waals surface area contributed by atoms with E-state index in [-0.39, 0.29) is 5.71 Å². The fraction of sp³-hybridized carbons (Fsp3) is 0. The number of benzene rings is 2. The number of para-hydroxylation sites is 2. The third-order valence-corrected chi connectivity index (χ3v) is 2.35. The molecule has 0 saturated carbocycles. The summed E-state index contributed by atoms with van der Waals surface area (Å²) in [6.45, 7) is 0. The molecular formula is C14H13N3O. The van der Waals surface area contributed by atoms with Crippen molar-refractivity contribution in [2.24, 2.45) is 10.9 Å². The van der Waals surface area contributed by atoms with Gasteiger partial charge in [-0.2, -0.15) is 5.10 Å². The van der Waals surface area contributed by atoms with Gasteiger partial charge >= 0.3 is 0 Å². The summed E-state index contributed by atoms with van der Waals surface area (Å²) >= 11 is 0. The van der Waals surface area contributed by atoms with E-state index in [1.807, 2.05) is 42.5 Å². The molecule has 0 aromatic heterocycles. The molecule has 18 heavy (non-hydrogen) atoms. The molecule has 0 fully saturated rings. The molecule has 0 aliphatic rings. The first-order valence-corrected chi connectivity index (χ1v) is 5.45. The zero-order valence-electron chi connectivity index (χ0n) is 9.71. The molecule has 0 unspecified atom stereocenters. The first kappa shape index (κ1) is 11.9. The lowest BCUT2D eigenvalue weighted by Gasteiger charge is -2.09. The molecule has 2 aromatic rings. The van der Waals surface area contributed by atoms with Crippen LogP contribution in [-0.2, 0) is 0 Å². The van der Waals surface area contributed by atoms with Gasteiger partial charge in [0, 0.05) is 5.56 Å². The zero-order valence-corrected chi connectivity index (χ0v) is 9.71. The summed E-state index contributed by atoms with van der Waals surface area (Å²) in [5.41, 5.74) is 0.861. The van der Waals surface area contributed by atoms with Crippen molar-refractivity contribution in [3.63, 3.8) is 0 Å². The van der Waals surface area contributed by atoms with E-state index >= 15 is 0 Å². The van der Waals surface area contributed by atoms with Crippen LogP contribution in [0.25, 0.3) is 0 Å². The molecule has 0 atom stereocenters. The third kappa shape index (κ3) is 2.74. The first-order valence-electron chi connectivity index (χ1n) is 5.45. The molecule has 0 amide bonds. The number of hydrogen-bond acceptors (Lipinski definition) is 4. The molecule has 4 nitrogen and oxygen atoms in total. The van der Waals surface area contributed by atoms with Gasteiger partial charge in [-0.25, -0.2) is 0 Å². The van der Waals surface area contributed by atoms with Crippen LogP contribution >= 0.6 is 0 Å². The Morgan fingerprint density at radius 1 is 1.06 bits per heavy atom. The molecule has 0 heterocycles. The van der Waals surface area contributed by atoms with Gasteiger partial charge in [0.15, 0.2) is 0 Å². The zero-order chi connectivity index (χ0) is 12.8. The molecule has 0 bridgehead atoms. The number of ether oxygens (including phenoxy) is 1. The molecule has 90 valence electrons. The van der Waals surface area contributed by atoms with E-state index in [4.69, 9.17) is 16.0 Å². The lowest BCUT2D eigenvalue weighted by atomic mass is 10.1. The highest BCUT2D eigenvalue weighted by atomic mass is 16.5. The highest BCUT2D eigenvalue weighted by Gasteiger charge is 2.07. The van der Waals surface area contributed by atoms with Crippen LogP contribution in [0.3, 0.4) is 0 Å². The molecule has 2 rings (SSSR count). The average molecular weight is 239 g/mol. The fourth-order valence-electron chi connectivity index (χ4n) is 1.54. The van der Waals surface area contributed by atoms with Gasteiger partial charge in [0.25, 0.3) is 0 Å². The summed E-state index contributed by atoms with van der Waals surface area (Å²) in [6, 6.07) is 16.7. The van der Waals surface area contributed by atoms with E-state index < -0.39 is 0 Å². The minimum atomic E-state index is 0.212. The van der Waals surface area contributed by atoms with Gasteiger partial charge in [0.1, 0.15) is 11.5 Å². The molecule has 0 aliphatic carbocycles. The summed E-state index contributed by atoms with van der Waals surface area (Å²) in [4.78, 5) is 0. The van der Waals surface area contributed by atoms with E-state index in [1.165, 1.54) is 6.21 Å². The van der Waals surface area contributed by atoms with Crippen LogP contribution in [0, 0.1) is 5.41 Å². The van der Waals surface area contributed by atoms with Crippen LogP contribution in [-0.4, -0.2) is 11.9 Å². The summed E-state index contributed by atoms with van der Waals surface area (Å²) in [7, 11) is 0. The SMILES string of the molecule is N=C(/C=N\N)c1ccccc1Oc1ccccc1. The van der Waals surface area contributed by atoms with Crippen molar-refractivity contribution in [3.05, 3.63) is 60.2 Å². The van der Waals surface area contributed by atoms with E-state index in [1.54, 1.807) is 12.1 Å². The second-order valence-electron chi connectivity index (χ2n) is 3.60. The minimum absolute atomic E-state index is 0.212. The Morgan fingerprint density at radius 2 is 1.72 bits per heavy atom. The van der Waals surface area contributed by atoms with Crippen LogP contribution in [0.2, 0.25) is 0 Å². The predicted octanol–water partition coefficient (Wildman–Crippen LogP) is 2.79. The maximum Gasteiger partial charge on any atom is 0.136 e. The molecule has 0 spiro atoms. The van der Waals surface area contributed by atoms with E-state index in [0.29, 0.717) is 11.3 Å². The van der Waals surface area contributed by atoms with Gasteiger partial charge in [-0.15, -0.1) is 0 Å². The molecule has 4 heteroatoms. The van der Waals surface area contributed by atoms with Crippen LogP contribution in [0.4, 0.5) is 0 Å². The largest absolute Gasteiger partial charge is 0.457 e. The number of hydrazone groups is 1. The Hall–Kier alpha value is -2.62. The summed E-state index contributed by atoms with van der Waals surface area (Å²) < 4.78 is 5.73. The molecule has 0 aliphatic heterocycles. The van der Waals surface area contributed by atoms with Crippen molar-refractivity contribution >= 4 is 11.9 Å². The Labute approximate surface area is 105 Å². The molecule has 0 saturated heterocycles. The van der Waals surface area contributed by atoms with Crippen molar-refractivity contribution in [2.75, 3.05) is 0 Å². The van der Waals surface area contributed by atoms with E-state index in [0.717, 1.165) is 5.75 Å². The molecule has 0 radical (unpaired) electrons. The van der Waals surface area contributed by atoms with Crippen LogP contribution in [0.1, 0.15) is 5.56 Å². The van der Waals surface area contributed by atoms with Gasteiger partial charge in [-0.05, 0) is 24.3 Å². The molecule has 3 N–H and O–H groups in total. The molecule has 2 aromatic carbocycles. The number of nitrogens with two attached hydrogens (primary N) is 1. The average Bonchev–Trinajstić information content (AvgIpc) is 2.41. The van der Waals surface area contributed by atoms with E-state index in [9.17, 15) is 0 Å². The molecular weight excluding hydrogens is 226 g/mol. The van der Waals surface area contributed by atoms with Crippen molar-refractivity contribution in [1.29, 1.82) is 5.41 Å². The van der Waals surface area contributed by atoms with Crippen LogP contribution in [0.5, 0.6) is 11.5 Å². The van der Waals surface area contributed by atoms with Crippen LogP contribution in [0.15, 0.2) is 59.7 Å². The van der Waals surface area contributed by atoms with E-state index in [2.05, 4.69) is 5.10 Å². The lowest BCUT2D eigenvalue weighted by Crippen LogP contribution is -2.04. The van der Waals surface area contributed by atoms with Crippen molar-refractivity contribution < 1.29 is 4.74 Å². The Balaban J connectivity index is 2.31. The van der Waals surface area contributed by atoms with Gasteiger partial charge < -0.3 is 10.6 Å². The second kappa shape index (κ2) is 5.63. The van der Waals surface area contributed by atoms with Gasteiger partial charge in [0.2, 0.25) is 0 Å². The smallest absolute Gasteiger partial charge is 0.136 e. The predicted molar refractivity (Wildman–Crippen MR) is 72.5 cm³/mol.